The smallest absolute Gasteiger partial charge is 0.0304 e. The quantitative estimate of drug-likeness (QED) is 0.489. The Bertz CT molecular complexity index is 435. The van der Waals surface area contributed by atoms with Crippen LogP contribution in [0.25, 0.3) is 6.08 Å². The lowest BCUT2D eigenvalue weighted by Gasteiger charge is -2.25. The molecule has 0 aromatic carbocycles. The van der Waals surface area contributed by atoms with E-state index in [-0.39, 0.29) is 0 Å². The molecule has 17 heavy (non-hydrogen) atoms. The van der Waals surface area contributed by atoms with Crippen molar-refractivity contribution >= 4 is 40.0 Å². The highest BCUT2D eigenvalue weighted by Gasteiger charge is 2.24. The fraction of sp³-hybridized carbons (Fsp3) is 0.600. The van der Waals surface area contributed by atoms with Crippen LogP contribution in [0.4, 0.5) is 0 Å². The topological polar surface area (TPSA) is 0 Å². The summed E-state index contributed by atoms with van der Waals surface area (Å²) in [7, 11) is 0. The van der Waals surface area contributed by atoms with Crippen LogP contribution >= 0.6 is 33.9 Å². The summed E-state index contributed by atoms with van der Waals surface area (Å²) in [5.74, 6) is 0. The summed E-state index contributed by atoms with van der Waals surface area (Å²) in [5, 5.41) is 0. The lowest BCUT2D eigenvalue weighted by Crippen LogP contribution is -2.22. The van der Waals surface area contributed by atoms with Crippen molar-refractivity contribution in [2.75, 3.05) is 0 Å². The van der Waals surface area contributed by atoms with Gasteiger partial charge in [0.15, 0.2) is 0 Å². The van der Waals surface area contributed by atoms with Gasteiger partial charge in [0.25, 0.3) is 0 Å². The summed E-state index contributed by atoms with van der Waals surface area (Å²) in [6, 6.07) is 0. The van der Waals surface area contributed by atoms with Crippen LogP contribution in [0, 0.1) is 12.3 Å². The minimum Gasteiger partial charge on any atom is -0.140 e. The van der Waals surface area contributed by atoms with Crippen LogP contribution < -0.4 is 0 Å². The first-order chi connectivity index (χ1) is 7.89. The van der Waals surface area contributed by atoms with E-state index in [4.69, 9.17) is 0 Å². The Balaban J connectivity index is 2.23. The molecular formula is C15H21IS. The summed E-state index contributed by atoms with van der Waals surface area (Å²) in [5.41, 5.74) is 3.58. The van der Waals surface area contributed by atoms with E-state index >= 15 is 0 Å². The first-order valence-electron chi connectivity index (χ1n) is 6.31. The monoisotopic (exact) mass is 360 g/mol. The number of hydrogen-bond donors (Lipinski definition) is 0. The minimum absolute atomic E-state index is 0.396. The zero-order valence-electron chi connectivity index (χ0n) is 11.1. The third kappa shape index (κ3) is 2.95. The second-order valence-corrected chi connectivity index (χ2v) is 8.61. The molecule has 0 saturated carbocycles. The van der Waals surface area contributed by atoms with Gasteiger partial charge in [-0.1, -0.05) is 49.4 Å². The van der Waals surface area contributed by atoms with E-state index < -0.39 is 0 Å². The Hall–Kier alpha value is 0.170. The van der Waals surface area contributed by atoms with E-state index in [2.05, 4.69) is 62.4 Å². The van der Waals surface area contributed by atoms with E-state index in [1.807, 2.05) is 11.3 Å². The number of thiophene rings is 1. The van der Waals surface area contributed by atoms with Gasteiger partial charge >= 0.3 is 0 Å². The molecule has 0 radical (unpaired) electrons. The van der Waals surface area contributed by atoms with Gasteiger partial charge in [0, 0.05) is 13.7 Å². The van der Waals surface area contributed by atoms with Gasteiger partial charge in [-0.3, -0.25) is 0 Å². The van der Waals surface area contributed by atoms with Crippen LogP contribution in [0.3, 0.4) is 0 Å². The van der Waals surface area contributed by atoms with Crippen LogP contribution in [0.2, 0.25) is 0 Å². The molecule has 1 aromatic heterocycles. The van der Waals surface area contributed by atoms with Gasteiger partial charge in [-0.25, -0.2) is 0 Å². The Morgan fingerprint density at radius 2 is 2.12 bits per heavy atom. The number of fused-ring (bicyclic) bond motifs is 1. The van der Waals surface area contributed by atoms with Gasteiger partial charge in [0.05, 0.1) is 0 Å². The first kappa shape index (κ1) is 13.6. The summed E-state index contributed by atoms with van der Waals surface area (Å²) < 4.78 is 0.711. The normalized spacial score (nSPS) is 17.0. The van der Waals surface area contributed by atoms with E-state index in [9.17, 15) is 0 Å². The van der Waals surface area contributed by atoms with E-state index in [1.165, 1.54) is 24.1 Å². The number of hydrogen-bond acceptors (Lipinski definition) is 1. The maximum atomic E-state index is 2.62. The summed E-state index contributed by atoms with van der Waals surface area (Å²) in [6.07, 6.45) is 8.32. The highest BCUT2D eigenvalue weighted by atomic mass is 127. The third-order valence-corrected chi connectivity index (χ3v) is 7.17. The van der Waals surface area contributed by atoms with Gasteiger partial charge in [0.2, 0.25) is 0 Å². The molecule has 0 aliphatic heterocycles. The van der Waals surface area contributed by atoms with Gasteiger partial charge < -0.3 is 0 Å². The molecule has 0 nitrogen and oxygen atoms in total. The lowest BCUT2D eigenvalue weighted by atomic mass is 9.89. The molecule has 1 aromatic rings. The van der Waals surface area contributed by atoms with Crippen molar-refractivity contribution in [3.8, 4) is 0 Å². The van der Waals surface area contributed by atoms with E-state index in [0.717, 1.165) is 0 Å². The minimum atomic E-state index is 0.396. The standard InChI is InChI=1S/C15H21IS/c1-10-11-7-5-6-8-12(11)17-13(10)9-14(16)15(2,3)4/h6,8,14H,5,7,9H2,1-4H3. The fourth-order valence-electron chi connectivity index (χ4n) is 2.15. The second-order valence-electron chi connectivity index (χ2n) is 5.97. The Morgan fingerprint density at radius 3 is 2.71 bits per heavy atom. The molecule has 1 unspecified atom stereocenters. The van der Waals surface area contributed by atoms with Gasteiger partial charge in [-0.2, -0.15) is 0 Å². The Morgan fingerprint density at radius 1 is 1.41 bits per heavy atom. The number of alkyl halides is 1. The van der Waals surface area contributed by atoms with E-state index in [0.29, 0.717) is 9.34 Å². The molecule has 0 bridgehead atoms. The largest absolute Gasteiger partial charge is 0.140 e. The maximum absolute atomic E-state index is 2.62. The van der Waals surface area contributed by atoms with Crippen LogP contribution in [-0.2, 0) is 12.8 Å². The zero-order valence-corrected chi connectivity index (χ0v) is 14.1. The first-order valence-corrected chi connectivity index (χ1v) is 8.37. The van der Waals surface area contributed by atoms with Crippen LogP contribution in [-0.4, -0.2) is 3.92 Å². The molecular weight excluding hydrogens is 339 g/mol. The van der Waals surface area contributed by atoms with Crippen LogP contribution in [0.5, 0.6) is 0 Å². The van der Waals surface area contributed by atoms with Crippen molar-refractivity contribution < 1.29 is 0 Å². The van der Waals surface area contributed by atoms with Gasteiger partial charge in [-0.15, -0.1) is 11.3 Å². The lowest BCUT2D eigenvalue weighted by molar-refractivity contribution is 0.406. The molecule has 1 heterocycles. The Kier molecular flexibility index (Phi) is 4.03. The zero-order chi connectivity index (χ0) is 12.6. The van der Waals surface area contributed by atoms with Gasteiger partial charge in [0.1, 0.15) is 0 Å². The van der Waals surface area contributed by atoms with Crippen LogP contribution in [0.15, 0.2) is 6.08 Å². The second kappa shape index (κ2) is 5.04. The molecule has 0 amide bonds. The molecule has 1 atom stereocenters. The predicted octanol–water partition coefficient (Wildman–Crippen LogP) is 5.41. The highest BCUT2D eigenvalue weighted by Crippen LogP contribution is 2.37. The number of rotatable bonds is 2. The summed E-state index contributed by atoms with van der Waals surface area (Å²) in [4.78, 5) is 3.12. The molecule has 1 aliphatic rings. The SMILES string of the molecule is Cc1c(CC(I)C(C)(C)C)sc2c1CCC=C2. The summed E-state index contributed by atoms with van der Waals surface area (Å²) in [6.45, 7) is 9.34. The van der Waals surface area contributed by atoms with Crippen molar-refractivity contribution in [3.63, 3.8) is 0 Å². The average Bonchev–Trinajstić information content (AvgIpc) is 2.55. The molecule has 0 fully saturated rings. The fourth-order valence-corrected chi connectivity index (χ4v) is 4.22. The third-order valence-electron chi connectivity index (χ3n) is 3.54. The maximum Gasteiger partial charge on any atom is 0.0304 e. The van der Waals surface area contributed by atoms with Crippen molar-refractivity contribution in [1.29, 1.82) is 0 Å². The van der Waals surface area contributed by atoms with Crippen molar-refractivity contribution in [2.24, 2.45) is 5.41 Å². The van der Waals surface area contributed by atoms with Crippen LogP contribution in [0.1, 0.15) is 48.1 Å². The molecule has 0 saturated heterocycles. The van der Waals surface area contributed by atoms with Crippen molar-refractivity contribution in [2.45, 2.75) is 50.9 Å². The average molecular weight is 360 g/mol. The molecule has 94 valence electrons. The number of allylic oxidation sites excluding steroid dienone is 1. The Labute approximate surface area is 123 Å². The van der Waals surface area contributed by atoms with Gasteiger partial charge in [-0.05, 0) is 48.8 Å². The van der Waals surface area contributed by atoms with Crippen molar-refractivity contribution in [1.82, 2.24) is 0 Å². The highest BCUT2D eigenvalue weighted by molar-refractivity contribution is 14.1. The molecule has 2 heteroatoms. The molecule has 1 aliphatic carbocycles. The van der Waals surface area contributed by atoms with E-state index in [1.54, 1.807) is 16.0 Å². The predicted molar refractivity (Wildman–Crippen MR) is 87.4 cm³/mol. The van der Waals surface area contributed by atoms with Crippen molar-refractivity contribution in [3.05, 3.63) is 27.0 Å². The number of halogens is 1. The molecule has 2 rings (SSSR count). The molecule has 0 spiro atoms. The molecule has 0 N–H and O–H groups in total. The summed E-state index contributed by atoms with van der Waals surface area (Å²) >= 11 is 4.63.